The number of aliphatic hydroxyl groups is 1. The number of nitrogens with zero attached hydrogens (tertiary/aromatic N) is 1. The van der Waals surface area contributed by atoms with Crippen LogP contribution in [-0.2, 0) is 17.4 Å². The standard InChI is InChI=1S/C59H59NO2/c1-36(2)58(37(3)4)53-20-14-12-18-49(53)51-28-26-46(33-55(51)58)60(47-27-29-52-50-19-13-15-21-54(50)59(38(5)6,39(7)8)56(52)34-47)45-25-24-42-31-41(22-23-43(42)32-45)30-40(9)57(62)48-17-11-10-16-44(48)35-61/h10-34,36-39,61H,35H2,1-9H3. The van der Waals surface area contributed by atoms with Crippen LogP contribution in [0, 0.1) is 23.7 Å². The Balaban J connectivity index is 1.22. The number of hydrogen-bond acceptors (Lipinski definition) is 3. The van der Waals surface area contributed by atoms with Crippen LogP contribution in [0.25, 0.3) is 39.1 Å². The number of carbonyl (C=O) groups is 1. The minimum atomic E-state index is -0.171. The molecule has 0 bridgehead atoms. The lowest BCUT2D eigenvalue weighted by Gasteiger charge is -2.41. The monoisotopic (exact) mass is 813 g/mol. The molecule has 0 atom stereocenters. The van der Waals surface area contributed by atoms with Gasteiger partial charge in [0.05, 0.1) is 6.61 Å². The summed E-state index contributed by atoms with van der Waals surface area (Å²) in [6, 6.07) is 53.1. The van der Waals surface area contributed by atoms with E-state index in [9.17, 15) is 9.90 Å². The van der Waals surface area contributed by atoms with Crippen LogP contribution in [0.4, 0.5) is 17.1 Å². The molecule has 0 aromatic heterocycles. The molecule has 9 rings (SSSR count). The molecule has 1 N–H and O–H groups in total. The SMILES string of the molecule is CC(=Cc1ccc2cc(N(c3ccc4c(c3)C(C(C)C)(C(C)C)c3ccccc3-4)c3ccc4c(c3)C(C(C)C)(C(C)C)c3ccccc3-4)ccc2c1)C(=O)c1ccccc1CO. The van der Waals surface area contributed by atoms with Crippen molar-refractivity contribution < 1.29 is 9.90 Å². The van der Waals surface area contributed by atoms with Gasteiger partial charge in [0.1, 0.15) is 0 Å². The third kappa shape index (κ3) is 6.15. The highest BCUT2D eigenvalue weighted by Gasteiger charge is 2.49. The van der Waals surface area contributed by atoms with Gasteiger partial charge < -0.3 is 10.0 Å². The number of carbonyl (C=O) groups excluding carboxylic acids is 1. The second-order valence-electron chi connectivity index (χ2n) is 19.0. The van der Waals surface area contributed by atoms with Crippen molar-refractivity contribution >= 4 is 39.7 Å². The molecule has 62 heavy (non-hydrogen) atoms. The van der Waals surface area contributed by atoms with Crippen molar-refractivity contribution in [1.29, 1.82) is 0 Å². The van der Waals surface area contributed by atoms with E-state index in [1.807, 2.05) is 25.1 Å². The molecule has 0 unspecified atom stereocenters. The van der Waals surface area contributed by atoms with Crippen molar-refractivity contribution in [2.75, 3.05) is 4.90 Å². The van der Waals surface area contributed by atoms with Gasteiger partial charge in [0.2, 0.25) is 0 Å². The summed E-state index contributed by atoms with van der Waals surface area (Å²) in [6.45, 7) is 20.8. The van der Waals surface area contributed by atoms with E-state index in [-0.39, 0.29) is 23.2 Å². The molecule has 0 fully saturated rings. The van der Waals surface area contributed by atoms with Gasteiger partial charge in [0.15, 0.2) is 5.78 Å². The molecule has 312 valence electrons. The fraction of sp³-hybridized carbons (Fsp3) is 0.271. The largest absolute Gasteiger partial charge is 0.392 e. The molecule has 7 aromatic rings. The summed E-state index contributed by atoms with van der Waals surface area (Å²) in [5.74, 6) is 1.47. The number of rotatable bonds is 11. The smallest absolute Gasteiger partial charge is 0.189 e. The molecule has 0 saturated heterocycles. The third-order valence-electron chi connectivity index (χ3n) is 14.7. The molecule has 2 aliphatic carbocycles. The van der Waals surface area contributed by atoms with Crippen molar-refractivity contribution in [2.24, 2.45) is 23.7 Å². The van der Waals surface area contributed by atoms with E-state index in [1.165, 1.54) is 44.5 Å². The molecule has 0 amide bonds. The number of fused-ring (bicyclic) bond motifs is 7. The van der Waals surface area contributed by atoms with Crippen LogP contribution in [0.15, 0.2) is 151 Å². The van der Waals surface area contributed by atoms with Gasteiger partial charge in [-0.15, -0.1) is 0 Å². The maximum absolute atomic E-state index is 13.5. The lowest BCUT2D eigenvalue weighted by Crippen LogP contribution is -2.37. The van der Waals surface area contributed by atoms with E-state index in [4.69, 9.17) is 0 Å². The Bertz CT molecular complexity index is 2770. The average Bonchev–Trinajstić information content (AvgIpc) is 3.74. The Morgan fingerprint density at radius 1 is 0.516 bits per heavy atom. The van der Waals surface area contributed by atoms with E-state index >= 15 is 0 Å². The minimum absolute atomic E-state index is 0.0754. The zero-order valence-corrected chi connectivity index (χ0v) is 37.8. The van der Waals surface area contributed by atoms with Gasteiger partial charge in [-0.25, -0.2) is 0 Å². The predicted octanol–water partition coefficient (Wildman–Crippen LogP) is 15.2. The number of benzene rings is 7. The summed E-state index contributed by atoms with van der Waals surface area (Å²) in [5, 5.41) is 12.1. The minimum Gasteiger partial charge on any atom is -0.392 e. The first kappa shape index (κ1) is 41.3. The van der Waals surface area contributed by atoms with E-state index in [2.05, 4.69) is 182 Å². The van der Waals surface area contributed by atoms with Crippen molar-refractivity contribution in [2.45, 2.75) is 79.8 Å². The van der Waals surface area contributed by atoms with Gasteiger partial charge in [0.25, 0.3) is 0 Å². The molecular formula is C59H59NO2. The average molecular weight is 814 g/mol. The highest BCUT2D eigenvalue weighted by molar-refractivity contribution is 6.12. The molecular weight excluding hydrogens is 755 g/mol. The van der Waals surface area contributed by atoms with Crippen LogP contribution in [0.5, 0.6) is 0 Å². The lowest BCUT2D eigenvalue weighted by atomic mass is 9.63. The Morgan fingerprint density at radius 3 is 1.48 bits per heavy atom. The third-order valence-corrected chi connectivity index (χ3v) is 14.7. The van der Waals surface area contributed by atoms with Crippen LogP contribution in [-0.4, -0.2) is 10.9 Å². The van der Waals surface area contributed by atoms with Gasteiger partial charge in [0, 0.05) is 33.5 Å². The van der Waals surface area contributed by atoms with Crippen LogP contribution < -0.4 is 4.90 Å². The Hall–Kier alpha value is -6.03. The van der Waals surface area contributed by atoms with Crippen LogP contribution in [0.1, 0.15) is 106 Å². The molecule has 3 nitrogen and oxygen atoms in total. The quantitative estimate of drug-likeness (QED) is 0.104. The number of ketones is 1. The first-order valence-electron chi connectivity index (χ1n) is 22.6. The fourth-order valence-corrected chi connectivity index (χ4v) is 12.1. The molecule has 3 heteroatoms. The maximum atomic E-state index is 13.5. The first-order valence-corrected chi connectivity index (χ1v) is 22.6. The molecule has 0 spiro atoms. The second kappa shape index (κ2) is 15.7. The van der Waals surface area contributed by atoms with Crippen molar-refractivity contribution in [1.82, 2.24) is 0 Å². The second-order valence-corrected chi connectivity index (χ2v) is 19.0. The Labute approximate surface area is 368 Å². The topological polar surface area (TPSA) is 40.5 Å². The summed E-state index contributed by atoms with van der Waals surface area (Å²) < 4.78 is 0. The number of hydrogen-bond donors (Lipinski definition) is 1. The highest BCUT2D eigenvalue weighted by atomic mass is 16.3. The van der Waals surface area contributed by atoms with Crippen LogP contribution in [0.2, 0.25) is 0 Å². The van der Waals surface area contributed by atoms with Gasteiger partial charge in [-0.05, 0) is 151 Å². The van der Waals surface area contributed by atoms with Gasteiger partial charge in [-0.1, -0.05) is 159 Å². The van der Waals surface area contributed by atoms with Gasteiger partial charge in [-0.2, -0.15) is 0 Å². The fourth-order valence-electron chi connectivity index (χ4n) is 12.1. The predicted molar refractivity (Wildman–Crippen MR) is 261 cm³/mol. The molecule has 0 saturated carbocycles. The van der Waals surface area contributed by atoms with E-state index in [0.717, 1.165) is 33.4 Å². The van der Waals surface area contributed by atoms with E-state index in [0.29, 0.717) is 40.4 Å². The number of allylic oxidation sites excluding steroid dienone is 1. The summed E-state index contributed by atoms with van der Waals surface area (Å²) in [6.07, 6.45) is 1.95. The molecule has 7 aromatic carbocycles. The maximum Gasteiger partial charge on any atom is 0.189 e. The first-order chi connectivity index (χ1) is 29.8. The van der Waals surface area contributed by atoms with Gasteiger partial charge in [-0.3, -0.25) is 4.79 Å². The van der Waals surface area contributed by atoms with Crippen molar-refractivity contribution in [3.63, 3.8) is 0 Å². The summed E-state index contributed by atoms with van der Waals surface area (Å²) in [7, 11) is 0. The lowest BCUT2D eigenvalue weighted by molar-refractivity contribution is 0.103. The Morgan fingerprint density at radius 2 is 0.952 bits per heavy atom. The summed E-state index contributed by atoms with van der Waals surface area (Å²) in [5.41, 5.74) is 16.9. The summed E-state index contributed by atoms with van der Waals surface area (Å²) >= 11 is 0. The molecule has 0 radical (unpaired) electrons. The number of Topliss-reactive ketones (excluding diaryl/α,β-unsaturated/α-hetero) is 1. The highest BCUT2D eigenvalue weighted by Crippen LogP contribution is 2.59. The van der Waals surface area contributed by atoms with Crippen molar-refractivity contribution in [3.05, 3.63) is 190 Å². The number of aliphatic hydroxyl groups excluding tert-OH is 1. The number of anilines is 3. The Kier molecular flexibility index (Phi) is 10.5. The summed E-state index contributed by atoms with van der Waals surface area (Å²) in [4.78, 5) is 16.0. The van der Waals surface area contributed by atoms with Gasteiger partial charge >= 0.3 is 0 Å². The zero-order chi connectivity index (χ0) is 43.7. The molecule has 0 heterocycles. The molecule has 0 aliphatic heterocycles. The van der Waals surface area contributed by atoms with E-state index in [1.54, 1.807) is 12.1 Å². The van der Waals surface area contributed by atoms with Crippen LogP contribution in [0.3, 0.4) is 0 Å². The van der Waals surface area contributed by atoms with Crippen LogP contribution >= 0.6 is 0 Å². The normalized spacial score (nSPS) is 14.7. The van der Waals surface area contributed by atoms with E-state index < -0.39 is 0 Å². The molecule has 2 aliphatic rings. The zero-order valence-electron chi connectivity index (χ0n) is 37.8. The van der Waals surface area contributed by atoms with Crippen molar-refractivity contribution in [3.8, 4) is 22.3 Å².